The lowest BCUT2D eigenvalue weighted by Gasteiger charge is -2.27. The first-order chi connectivity index (χ1) is 12.3. The molecule has 8 heteroatoms. The van der Waals surface area contributed by atoms with Crippen LogP contribution in [-0.2, 0) is 9.84 Å². The molecule has 146 valence electrons. The van der Waals surface area contributed by atoms with Crippen LogP contribution in [0.1, 0.15) is 56.2 Å². The number of rotatable bonds is 8. The average Bonchev–Trinajstić information content (AvgIpc) is 2.94. The first-order valence-electron chi connectivity index (χ1n) is 9.43. The number of amides is 1. The molecule has 1 aromatic heterocycles. The summed E-state index contributed by atoms with van der Waals surface area (Å²) in [6.07, 6.45) is 2.44. The summed E-state index contributed by atoms with van der Waals surface area (Å²) in [6, 6.07) is 1.42. The molecule has 1 amide bonds. The van der Waals surface area contributed by atoms with Gasteiger partial charge < -0.3 is 9.80 Å². The minimum absolute atomic E-state index is 0.0430. The molecule has 0 bridgehead atoms. The lowest BCUT2D eigenvalue weighted by molar-refractivity contribution is 0.0702. The van der Waals surface area contributed by atoms with E-state index in [-0.39, 0.29) is 23.5 Å². The highest BCUT2D eigenvalue weighted by Gasteiger charge is 2.34. The van der Waals surface area contributed by atoms with Gasteiger partial charge in [0.05, 0.1) is 11.5 Å². The van der Waals surface area contributed by atoms with E-state index in [2.05, 4.69) is 28.7 Å². The smallest absolute Gasteiger partial charge is 0.272 e. The van der Waals surface area contributed by atoms with Crippen LogP contribution in [0.4, 0.5) is 5.95 Å². The highest BCUT2D eigenvalue weighted by Crippen LogP contribution is 2.20. The Labute approximate surface area is 156 Å². The van der Waals surface area contributed by atoms with Crippen LogP contribution in [-0.4, -0.2) is 66.4 Å². The van der Waals surface area contributed by atoms with Gasteiger partial charge in [0.15, 0.2) is 9.84 Å². The molecule has 0 saturated carbocycles. The Kier molecular flexibility index (Phi) is 6.97. The SMILES string of the molecule is CCCN(CCC)c1nc(C)cc(C(=O)N(CC)C2CCS(=O)(=O)C2)n1. The highest BCUT2D eigenvalue weighted by atomic mass is 32.2. The summed E-state index contributed by atoms with van der Waals surface area (Å²) in [5.74, 6) is 0.554. The Bertz CT molecular complexity index is 730. The number of nitrogens with zero attached hydrogens (tertiary/aromatic N) is 4. The van der Waals surface area contributed by atoms with Gasteiger partial charge in [0.2, 0.25) is 5.95 Å². The largest absolute Gasteiger partial charge is 0.341 e. The van der Waals surface area contributed by atoms with Crippen molar-refractivity contribution in [3.63, 3.8) is 0 Å². The number of carbonyl (C=O) groups is 1. The van der Waals surface area contributed by atoms with Crippen molar-refractivity contribution in [2.45, 2.75) is 53.0 Å². The molecular formula is C18H30N4O3S. The van der Waals surface area contributed by atoms with Crippen LogP contribution in [0.25, 0.3) is 0 Å². The van der Waals surface area contributed by atoms with Crippen molar-refractivity contribution in [3.05, 3.63) is 17.5 Å². The van der Waals surface area contributed by atoms with Crippen LogP contribution in [0.15, 0.2) is 6.07 Å². The average molecular weight is 383 g/mol. The number of sulfone groups is 1. The first-order valence-corrected chi connectivity index (χ1v) is 11.2. The second-order valence-electron chi connectivity index (χ2n) is 6.83. The molecule has 2 rings (SSSR count). The molecule has 1 aromatic rings. The molecule has 26 heavy (non-hydrogen) atoms. The zero-order valence-electron chi connectivity index (χ0n) is 16.2. The molecule has 1 saturated heterocycles. The third kappa shape index (κ3) is 4.93. The summed E-state index contributed by atoms with van der Waals surface area (Å²) in [5, 5.41) is 0. The number of hydrogen-bond acceptors (Lipinski definition) is 6. The minimum atomic E-state index is -3.05. The third-order valence-corrected chi connectivity index (χ3v) is 6.33. The standard InChI is InChI=1S/C18H30N4O3S/c1-5-9-21(10-6-2)18-19-14(4)12-16(20-18)17(23)22(7-3)15-8-11-26(24,25)13-15/h12,15H,5-11,13H2,1-4H3. The maximum absolute atomic E-state index is 13.0. The van der Waals surface area contributed by atoms with Crippen LogP contribution < -0.4 is 4.90 Å². The summed E-state index contributed by atoms with van der Waals surface area (Å²) >= 11 is 0. The van der Waals surface area contributed by atoms with Crippen LogP contribution in [0.2, 0.25) is 0 Å². The molecule has 0 aromatic carbocycles. The van der Waals surface area contributed by atoms with Crippen molar-refractivity contribution in [2.24, 2.45) is 0 Å². The Hall–Kier alpha value is -1.70. The van der Waals surface area contributed by atoms with Gasteiger partial charge in [-0.2, -0.15) is 0 Å². The molecule has 7 nitrogen and oxygen atoms in total. The molecular weight excluding hydrogens is 352 g/mol. The quantitative estimate of drug-likeness (QED) is 0.684. The Morgan fingerprint density at radius 1 is 1.19 bits per heavy atom. The van der Waals surface area contributed by atoms with Gasteiger partial charge in [-0.1, -0.05) is 13.8 Å². The summed E-state index contributed by atoms with van der Waals surface area (Å²) in [7, 11) is -3.05. The normalized spacial score (nSPS) is 18.7. The molecule has 1 fully saturated rings. The van der Waals surface area contributed by atoms with E-state index in [1.807, 2.05) is 13.8 Å². The monoisotopic (exact) mass is 382 g/mol. The van der Waals surface area contributed by atoms with E-state index in [0.717, 1.165) is 31.6 Å². The number of hydrogen-bond donors (Lipinski definition) is 0. The molecule has 0 spiro atoms. The Morgan fingerprint density at radius 2 is 1.85 bits per heavy atom. The van der Waals surface area contributed by atoms with Gasteiger partial charge in [0, 0.05) is 31.4 Å². The van der Waals surface area contributed by atoms with Gasteiger partial charge in [0.25, 0.3) is 5.91 Å². The first kappa shape index (κ1) is 20.6. The van der Waals surface area contributed by atoms with Gasteiger partial charge in [-0.25, -0.2) is 18.4 Å². The van der Waals surface area contributed by atoms with Crippen LogP contribution in [0.3, 0.4) is 0 Å². The third-order valence-electron chi connectivity index (χ3n) is 4.58. The topological polar surface area (TPSA) is 83.5 Å². The zero-order valence-corrected chi connectivity index (χ0v) is 17.0. The minimum Gasteiger partial charge on any atom is -0.341 e. The molecule has 1 atom stereocenters. The number of anilines is 1. The van der Waals surface area contributed by atoms with E-state index in [9.17, 15) is 13.2 Å². The van der Waals surface area contributed by atoms with Crippen molar-refractivity contribution >= 4 is 21.7 Å². The molecule has 1 aliphatic rings. The van der Waals surface area contributed by atoms with E-state index in [4.69, 9.17) is 0 Å². The fourth-order valence-electron chi connectivity index (χ4n) is 3.39. The maximum Gasteiger partial charge on any atom is 0.272 e. The van der Waals surface area contributed by atoms with E-state index < -0.39 is 9.84 Å². The lowest BCUT2D eigenvalue weighted by atomic mass is 10.2. The lowest BCUT2D eigenvalue weighted by Crippen LogP contribution is -2.41. The fraction of sp³-hybridized carbons (Fsp3) is 0.722. The van der Waals surface area contributed by atoms with Gasteiger partial charge >= 0.3 is 0 Å². The van der Waals surface area contributed by atoms with Gasteiger partial charge in [0.1, 0.15) is 5.69 Å². The van der Waals surface area contributed by atoms with Crippen molar-refractivity contribution in [2.75, 3.05) is 36.0 Å². The summed E-state index contributed by atoms with van der Waals surface area (Å²) in [6.45, 7) is 10.1. The Balaban J connectivity index is 2.29. The molecule has 1 unspecified atom stereocenters. The molecule has 0 aliphatic carbocycles. The van der Waals surface area contributed by atoms with Gasteiger partial charge in [-0.3, -0.25) is 4.79 Å². The van der Waals surface area contributed by atoms with E-state index >= 15 is 0 Å². The van der Waals surface area contributed by atoms with E-state index in [0.29, 0.717) is 24.6 Å². The van der Waals surface area contributed by atoms with Crippen molar-refractivity contribution in [1.82, 2.24) is 14.9 Å². The number of aromatic nitrogens is 2. The number of carbonyl (C=O) groups excluding carboxylic acids is 1. The molecule has 0 radical (unpaired) electrons. The summed E-state index contributed by atoms with van der Waals surface area (Å²) < 4.78 is 23.6. The van der Waals surface area contributed by atoms with Gasteiger partial charge in [-0.15, -0.1) is 0 Å². The molecule has 1 aliphatic heterocycles. The van der Waals surface area contributed by atoms with Crippen molar-refractivity contribution in [3.8, 4) is 0 Å². The second kappa shape index (κ2) is 8.79. The van der Waals surface area contributed by atoms with Crippen LogP contribution in [0, 0.1) is 6.92 Å². The Morgan fingerprint density at radius 3 is 2.35 bits per heavy atom. The van der Waals surface area contributed by atoms with Crippen LogP contribution in [0.5, 0.6) is 0 Å². The fourth-order valence-corrected chi connectivity index (χ4v) is 5.12. The predicted octanol–water partition coefficient (Wildman–Crippen LogP) is 2.06. The summed E-state index contributed by atoms with van der Waals surface area (Å²) in [4.78, 5) is 25.8. The molecule has 2 heterocycles. The van der Waals surface area contributed by atoms with Crippen molar-refractivity contribution < 1.29 is 13.2 Å². The summed E-state index contributed by atoms with van der Waals surface area (Å²) in [5.41, 5.74) is 1.08. The zero-order chi connectivity index (χ0) is 19.3. The second-order valence-corrected chi connectivity index (χ2v) is 9.06. The number of aryl methyl sites for hydroxylation is 1. The van der Waals surface area contributed by atoms with Gasteiger partial charge in [-0.05, 0) is 39.2 Å². The van der Waals surface area contributed by atoms with Crippen LogP contribution >= 0.6 is 0 Å². The van der Waals surface area contributed by atoms with E-state index in [1.165, 1.54) is 0 Å². The van der Waals surface area contributed by atoms with Crippen molar-refractivity contribution in [1.29, 1.82) is 0 Å². The predicted molar refractivity (Wildman–Crippen MR) is 103 cm³/mol. The van der Waals surface area contributed by atoms with E-state index in [1.54, 1.807) is 11.0 Å². The maximum atomic E-state index is 13.0. The molecule has 0 N–H and O–H groups in total. The highest BCUT2D eigenvalue weighted by molar-refractivity contribution is 7.91.